The van der Waals surface area contributed by atoms with Gasteiger partial charge in [0.05, 0.1) is 17.6 Å². The smallest absolute Gasteiger partial charge is 0.262 e. The van der Waals surface area contributed by atoms with Crippen molar-refractivity contribution in [1.82, 2.24) is 9.97 Å². The van der Waals surface area contributed by atoms with Crippen molar-refractivity contribution in [2.75, 3.05) is 5.73 Å². The van der Waals surface area contributed by atoms with E-state index in [4.69, 9.17) is 10.2 Å². The van der Waals surface area contributed by atoms with Crippen LogP contribution in [0.3, 0.4) is 0 Å². The molecule has 0 fully saturated rings. The molecule has 0 atom stereocenters. The number of rotatable bonds is 2. The molecule has 0 unspecified atom stereocenters. The second-order valence-electron chi connectivity index (χ2n) is 3.15. The van der Waals surface area contributed by atoms with E-state index in [-0.39, 0.29) is 0 Å². The average molecular weight is 221 g/mol. The molecule has 4 nitrogen and oxygen atoms in total. The minimum atomic E-state index is 0.613. The molecule has 2 aromatic rings. The first-order valence-corrected chi connectivity index (χ1v) is 5.30. The van der Waals surface area contributed by atoms with Crippen molar-refractivity contribution >= 4 is 17.4 Å². The van der Waals surface area contributed by atoms with Crippen molar-refractivity contribution in [3.8, 4) is 0 Å². The van der Waals surface area contributed by atoms with Crippen molar-refractivity contribution < 1.29 is 4.42 Å². The highest BCUT2D eigenvalue weighted by Gasteiger charge is 2.07. The molecule has 0 bridgehead atoms. The topological polar surface area (TPSA) is 64.9 Å². The maximum absolute atomic E-state index is 5.54. The summed E-state index contributed by atoms with van der Waals surface area (Å²) < 4.78 is 5.43. The lowest BCUT2D eigenvalue weighted by atomic mass is 10.4. The molecular weight excluding hydrogens is 210 g/mol. The Hall–Kier alpha value is -1.49. The standard InChI is InChI=1S/C10H11N3OS/c1-6-7(2)14-10(13-6)15-9-4-3-8(11)5-12-9/h3-5H,11H2,1-2H3. The largest absolute Gasteiger partial charge is 0.436 e. The average Bonchev–Trinajstić information content (AvgIpc) is 2.50. The summed E-state index contributed by atoms with van der Waals surface area (Å²) in [7, 11) is 0. The van der Waals surface area contributed by atoms with Gasteiger partial charge in [0.25, 0.3) is 5.22 Å². The van der Waals surface area contributed by atoms with E-state index < -0.39 is 0 Å². The Bertz CT molecular complexity index is 445. The van der Waals surface area contributed by atoms with Crippen molar-refractivity contribution in [3.05, 3.63) is 29.8 Å². The zero-order valence-electron chi connectivity index (χ0n) is 8.52. The number of aryl methyl sites for hydroxylation is 2. The van der Waals surface area contributed by atoms with Gasteiger partial charge in [-0.15, -0.1) is 0 Å². The predicted molar refractivity (Wildman–Crippen MR) is 58.7 cm³/mol. The predicted octanol–water partition coefficient (Wildman–Crippen LogP) is 2.42. The van der Waals surface area contributed by atoms with Crippen LogP contribution in [0.2, 0.25) is 0 Å². The molecule has 0 saturated carbocycles. The number of hydrogen-bond donors (Lipinski definition) is 1. The highest BCUT2D eigenvalue weighted by molar-refractivity contribution is 7.99. The first-order valence-electron chi connectivity index (χ1n) is 4.48. The highest BCUT2D eigenvalue weighted by Crippen LogP contribution is 2.26. The second kappa shape index (κ2) is 3.94. The van der Waals surface area contributed by atoms with E-state index >= 15 is 0 Å². The quantitative estimate of drug-likeness (QED) is 0.843. The number of anilines is 1. The van der Waals surface area contributed by atoms with Gasteiger partial charge in [-0.2, -0.15) is 0 Å². The summed E-state index contributed by atoms with van der Waals surface area (Å²) >= 11 is 1.39. The minimum Gasteiger partial charge on any atom is -0.436 e. The van der Waals surface area contributed by atoms with Gasteiger partial charge in [0.2, 0.25) is 0 Å². The van der Waals surface area contributed by atoms with Gasteiger partial charge in [0.15, 0.2) is 0 Å². The molecule has 2 heterocycles. The molecule has 0 radical (unpaired) electrons. The molecule has 0 aromatic carbocycles. The SMILES string of the molecule is Cc1nc(Sc2ccc(N)cn2)oc1C. The van der Waals surface area contributed by atoms with Crippen LogP contribution < -0.4 is 5.73 Å². The fourth-order valence-electron chi connectivity index (χ4n) is 1.03. The number of nitrogens with two attached hydrogens (primary N) is 1. The summed E-state index contributed by atoms with van der Waals surface area (Å²) in [5.74, 6) is 0.841. The molecule has 0 aliphatic carbocycles. The number of pyridine rings is 1. The molecule has 0 aliphatic heterocycles. The molecule has 0 saturated heterocycles. The first kappa shape index (κ1) is 10.0. The Morgan fingerprint density at radius 3 is 2.67 bits per heavy atom. The maximum Gasteiger partial charge on any atom is 0.262 e. The summed E-state index contributed by atoms with van der Waals surface area (Å²) in [4.78, 5) is 8.40. The number of oxazole rings is 1. The Kier molecular flexibility index (Phi) is 2.64. The van der Waals surface area contributed by atoms with Gasteiger partial charge in [-0.3, -0.25) is 0 Å². The monoisotopic (exact) mass is 221 g/mol. The van der Waals surface area contributed by atoms with Crippen LogP contribution in [-0.4, -0.2) is 9.97 Å². The van der Waals surface area contributed by atoms with Crippen LogP contribution in [0.1, 0.15) is 11.5 Å². The summed E-state index contributed by atoms with van der Waals surface area (Å²) in [6.45, 7) is 3.81. The van der Waals surface area contributed by atoms with E-state index in [0.29, 0.717) is 10.9 Å². The maximum atomic E-state index is 5.54. The van der Waals surface area contributed by atoms with Crippen LogP contribution in [0.4, 0.5) is 5.69 Å². The lowest BCUT2D eigenvalue weighted by Crippen LogP contribution is -1.86. The van der Waals surface area contributed by atoms with Crippen LogP contribution in [0.15, 0.2) is 33.0 Å². The van der Waals surface area contributed by atoms with Gasteiger partial charge in [0.1, 0.15) is 10.8 Å². The molecule has 15 heavy (non-hydrogen) atoms. The van der Waals surface area contributed by atoms with Gasteiger partial charge in [-0.25, -0.2) is 9.97 Å². The van der Waals surface area contributed by atoms with Crippen LogP contribution in [0.5, 0.6) is 0 Å². The zero-order chi connectivity index (χ0) is 10.8. The second-order valence-corrected chi connectivity index (χ2v) is 4.12. The van der Waals surface area contributed by atoms with E-state index in [9.17, 15) is 0 Å². The van der Waals surface area contributed by atoms with Crippen molar-refractivity contribution in [1.29, 1.82) is 0 Å². The van der Waals surface area contributed by atoms with E-state index in [2.05, 4.69) is 9.97 Å². The summed E-state index contributed by atoms with van der Waals surface area (Å²) in [6.07, 6.45) is 1.62. The van der Waals surface area contributed by atoms with Crippen LogP contribution >= 0.6 is 11.8 Å². The van der Waals surface area contributed by atoms with Gasteiger partial charge < -0.3 is 10.2 Å². The summed E-state index contributed by atoms with van der Waals surface area (Å²) in [5.41, 5.74) is 7.10. The van der Waals surface area contributed by atoms with Crippen LogP contribution in [0.25, 0.3) is 0 Å². The third-order valence-corrected chi connectivity index (χ3v) is 2.76. The Morgan fingerprint density at radius 1 is 1.33 bits per heavy atom. The summed E-state index contributed by atoms with van der Waals surface area (Å²) in [6, 6.07) is 3.65. The number of hydrogen-bond acceptors (Lipinski definition) is 5. The van der Waals surface area contributed by atoms with E-state index in [0.717, 1.165) is 16.5 Å². The number of nitrogen functional groups attached to an aromatic ring is 1. The lowest BCUT2D eigenvalue weighted by molar-refractivity contribution is 0.431. The third kappa shape index (κ3) is 2.30. The van der Waals surface area contributed by atoms with E-state index in [1.807, 2.05) is 19.9 Å². The Morgan fingerprint density at radius 2 is 2.13 bits per heavy atom. The lowest BCUT2D eigenvalue weighted by Gasteiger charge is -1.95. The van der Waals surface area contributed by atoms with Crippen LogP contribution in [-0.2, 0) is 0 Å². The molecule has 5 heteroatoms. The van der Waals surface area contributed by atoms with E-state index in [1.54, 1.807) is 12.3 Å². The van der Waals surface area contributed by atoms with Crippen molar-refractivity contribution in [2.45, 2.75) is 24.1 Å². The van der Waals surface area contributed by atoms with Crippen molar-refractivity contribution in [3.63, 3.8) is 0 Å². The molecule has 2 rings (SSSR count). The van der Waals surface area contributed by atoms with Gasteiger partial charge >= 0.3 is 0 Å². The molecule has 78 valence electrons. The minimum absolute atomic E-state index is 0.613. The van der Waals surface area contributed by atoms with Crippen LogP contribution in [0, 0.1) is 13.8 Å². The fourth-order valence-corrected chi connectivity index (χ4v) is 1.80. The number of aromatic nitrogens is 2. The number of nitrogens with zero attached hydrogens (tertiary/aromatic N) is 2. The molecule has 2 N–H and O–H groups in total. The molecule has 2 aromatic heterocycles. The fraction of sp³-hybridized carbons (Fsp3) is 0.200. The normalized spacial score (nSPS) is 10.5. The van der Waals surface area contributed by atoms with E-state index in [1.165, 1.54) is 11.8 Å². The molecule has 0 aliphatic rings. The van der Waals surface area contributed by atoms with Gasteiger partial charge in [-0.05, 0) is 37.7 Å². The summed E-state index contributed by atoms with van der Waals surface area (Å²) in [5, 5.41) is 1.44. The third-order valence-electron chi connectivity index (χ3n) is 1.96. The molecular formula is C10H11N3OS. The van der Waals surface area contributed by atoms with Crippen molar-refractivity contribution in [2.24, 2.45) is 0 Å². The zero-order valence-corrected chi connectivity index (χ0v) is 9.34. The highest BCUT2D eigenvalue weighted by atomic mass is 32.2. The molecule has 0 spiro atoms. The Balaban J connectivity index is 2.18. The first-order chi connectivity index (χ1) is 7.15. The Labute approximate surface area is 91.9 Å². The van der Waals surface area contributed by atoms with Gasteiger partial charge in [0, 0.05) is 0 Å². The molecule has 0 amide bonds. The van der Waals surface area contributed by atoms with Gasteiger partial charge in [-0.1, -0.05) is 0 Å².